The summed E-state index contributed by atoms with van der Waals surface area (Å²) in [4.78, 5) is 5.88. The largest absolute Gasteiger partial charge is 0.367 e. The molecule has 0 saturated heterocycles. The summed E-state index contributed by atoms with van der Waals surface area (Å²) in [5.74, 6) is 0.765. The van der Waals surface area contributed by atoms with Crippen LogP contribution in [-0.4, -0.2) is 23.5 Å². The van der Waals surface area contributed by atoms with E-state index in [1.54, 1.807) is 11.8 Å². The number of benzene rings is 1. The summed E-state index contributed by atoms with van der Waals surface area (Å²) >= 11 is 1.73. The average Bonchev–Trinajstić information content (AvgIpc) is 2.46. The molecule has 0 saturated carbocycles. The minimum atomic E-state index is 0.287. The number of nitrogens with one attached hydrogen (secondary N) is 2. The summed E-state index contributed by atoms with van der Waals surface area (Å²) in [6.45, 7) is 4.13. The molecule has 0 atom stereocenters. The van der Waals surface area contributed by atoms with Crippen molar-refractivity contribution in [2.75, 3.05) is 11.6 Å². The number of hydrogen-bond donors (Lipinski definition) is 2. The first-order valence-corrected chi connectivity index (χ1v) is 7.79. The molecule has 2 rings (SSSR count). The molecule has 0 unspecified atom stereocenters. The number of thioether (sulfide) groups is 1. The second kappa shape index (κ2) is 6.57. The molecular weight excluding hydrogens is 266 g/mol. The van der Waals surface area contributed by atoms with Gasteiger partial charge < -0.3 is 10.7 Å². The predicted molar refractivity (Wildman–Crippen MR) is 88.1 cm³/mol. The quantitative estimate of drug-likeness (QED) is 0.636. The lowest BCUT2D eigenvalue weighted by molar-refractivity contribution is 0.889. The Morgan fingerprint density at radius 3 is 2.40 bits per heavy atom. The highest BCUT2D eigenvalue weighted by atomic mass is 32.2. The van der Waals surface area contributed by atoms with E-state index in [9.17, 15) is 0 Å². The van der Waals surface area contributed by atoms with Crippen molar-refractivity contribution >= 4 is 23.8 Å². The van der Waals surface area contributed by atoms with Gasteiger partial charge in [-0.3, -0.25) is 0 Å². The van der Waals surface area contributed by atoms with Crippen LogP contribution in [-0.2, 0) is 0 Å². The molecule has 4 heteroatoms. The van der Waals surface area contributed by atoms with Crippen LogP contribution in [0.1, 0.15) is 19.4 Å². The van der Waals surface area contributed by atoms with Crippen LogP contribution in [0.2, 0.25) is 0 Å². The Hall–Kier alpha value is -1.81. The van der Waals surface area contributed by atoms with Crippen LogP contribution in [0.4, 0.5) is 5.82 Å². The Morgan fingerprint density at radius 1 is 1.15 bits per heavy atom. The number of anilines is 1. The first-order valence-electron chi connectivity index (χ1n) is 6.56. The van der Waals surface area contributed by atoms with Gasteiger partial charge in [-0.25, -0.2) is 4.98 Å². The Balaban J connectivity index is 2.38. The predicted octanol–water partition coefficient (Wildman–Crippen LogP) is 4.29. The number of nitrogens with zero attached hydrogens (tertiary/aromatic N) is 1. The van der Waals surface area contributed by atoms with Crippen molar-refractivity contribution in [3.63, 3.8) is 0 Å². The third kappa shape index (κ3) is 3.39. The van der Waals surface area contributed by atoms with E-state index in [2.05, 4.69) is 54.7 Å². The summed E-state index contributed by atoms with van der Waals surface area (Å²) < 4.78 is 0. The first kappa shape index (κ1) is 14.6. The van der Waals surface area contributed by atoms with E-state index >= 15 is 0 Å². The Bertz CT molecular complexity index is 591. The minimum Gasteiger partial charge on any atom is -0.367 e. The fraction of sp³-hybridized carbons (Fsp3) is 0.250. The van der Waals surface area contributed by atoms with E-state index in [0.717, 1.165) is 22.6 Å². The summed E-state index contributed by atoms with van der Waals surface area (Å²) in [5, 5.41) is 10.7. The van der Waals surface area contributed by atoms with Gasteiger partial charge in [0.25, 0.3) is 0 Å². The molecule has 1 aromatic carbocycles. The van der Waals surface area contributed by atoms with E-state index < -0.39 is 0 Å². The molecule has 0 fully saturated rings. The molecular formula is C16H19N3S. The van der Waals surface area contributed by atoms with Gasteiger partial charge in [0.05, 0.1) is 5.69 Å². The van der Waals surface area contributed by atoms with Crippen molar-refractivity contribution in [2.24, 2.45) is 0 Å². The fourth-order valence-electron chi connectivity index (χ4n) is 1.90. The normalized spacial score (nSPS) is 10.6. The van der Waals surface area contributed by atoms with E-state index in [-0.39, 0.29) is 6.04 Å². The van der Waals surface area contributed by atoms with Crippen molar-refractivity contribution in [1.82, 2.24) is 4.98 Å². The molecule has 0 amide bonds. The van der Waals surface area contributed by atoms with Gasteiger partial charge in [-0.2, -0.15) is 0 Å². The smallest absolute Gasteiger partial charge is 0.135 e. The van der Waals surface area contributed by atoms with Gasteiger partial charge in [0.1, 0.15) is 5.82 Å². The van der Waals surface area contributed by atoms with Crippen LogP contribution in [0.5, 0.6) is 0 Å². The zero-order valence-corrected chi connectivity index (χ0v) is 12.8. The van der Waals surface area contributed by atoms with Gasteiger partial charge in [-0.1, -0.05) is 12.1 Å². The van der Waals surface area contributed by atoms with E-state index in [1.165, 1.54) is 11.1 Å². The highest BCUT2D eigenvalue weighted by Gasteiger charge is 2.07. The molecule has 2 aromatic rings. The first-order chi connectivity index (χ1) is 9.63. The van der Waals surface area contributed by atoms with Crippen molar-refractivity contribution in [3.8, 4) is 11.3 Å². The van der Waals surface area contributed by atoms with Crippen LogP contribution in [0, 0.1) is 5.41 Å². The SMILES string of the molecule is CSc1ccc(-c2ccc(C=N)c(NC(C)C)n2)cc1. The molecule has 0 aliphatic carbocycles. The van der Waals surface area contributed by atoms with Crippen molar-refractivity contribution in [3.05, 3.63) is 42.0 Å². The van der Waals surface area contributed by atoms with Gasteiger partial charge in [0, 0.05) is 28.3 Å². The average molecular weight is 285 g/mol. The topological polar surface area (TPSA) is 48.8 Å². The summed E-state index contributed by atoms with van der Waals surface area (Å²) in [7, 11) is 0. The third-order valence-corrected chi connectivity index (χ3v) is 3.64. The number of rotatable bonds is 5. The zero-order valence-electron chi connectivity index (χ0n) is 12.0. The molecule has 0 aliphatic heterocycles. The number of hydrogen-bond acceptors (Lipinski definition) is 4. The van der Waals surface area contributed by atoms with Gasteiger partial charge in [0.15, 0.2) is 0 Å². The standard InChI is InChI=1S/C16H19N3S/c1-11(2)18-16-13(10-17)6-9-15(19-16)12-4-7-14(20-3)8-5-12/h4-11,17H,1-3H3,(H,18,19). The molecule has 0 aliphatic rings. The second-order valence-electron chi connectivity index (χ2n) is 4.81. The summed E-state index contributed by atoms with van der Waals surface area (Å²) in [6.07, 6.45) is 3.40. The maximum Gasteiger partial charge on any atom is 0.135 e. The van der Waals surface area contributed by atoms with E-state index in [4.69, 9.17) is 5.41 Å². The zero-order chi connectivity index (χ0) is 14.5. The van der Waals surface area contributed by atoms with Gasteiger partial charge in [-0.05, 0) is 44.4 Å². The summed E-state index contributed by atoms with van der Waals surface area (Å²) in [6, 6.07) is 12.5. The van der Waals surface area contributed by atoms with E-state index in [1.807, 2.05) is 12.1 Å². The minimum absolute atomic E-state index is 0.287. The maximum absolute atomic E-state index is 7.45. The number of aromatic nitrogens is 1. The van der Waals surface area contributed by atoms with Crippen molar-refractivity contribution in [2.45, 2.75) is 24.8 Å². The lowest BCUT2D eigenvalue weighted by Gasteiger charge is -2.13. The Morgan fingerprint density at radius 2 is 1.85 bits per heavy atom. The van der Waals surface area contributed by atoms with Crippen LogP contribution in [0.3, 0.4) is 0 Å². The van der Waals surface area contributed by atoms with Crippen LogP contribution < -0.4 is 5.32 Å². The highest BCUT2D eigenvalue weighted by Crippen LogP contribution is 2.24. The van der Waals surface area contributed by atoms with Gasteiger partial charge in [0.2, 0.25) is 0 Å². The van der Waals surface area contributed by atoms with Gasteiger partial charge in [-0.15, -0.1) is 11.8 Å². The molecule has 0 spiro atoms. The Labute approximate surface area is 124 Å². The third-order valence-electron chi connectivity index (χ3n) is 2.89. The molecule has 1 aromatic heterocycles. The summed E-state index contributed by atoms with van der Waals surface area (Å²) in [5.41, 5.74) is 2.82. The van der Waals surface area contributed by atoms with E-state index in [0.29, 0.717) is 0 Å². The monoisotopic (exact) mass is 285 g/mol. The van der Waals surface area contributed by atoms with Crippen molar-refractivity contribution in [1.29, 1.82) is 5.41 Å². The van der Waals surface area contributed by atoms with Gasteiger partial charge >= 0.3 is 0 Å². The lowest BCUT2D eigenvalue weighted by atomic mass is 10.1. The molecule has 20 heavy (non-hydrogen) atoms. The van der Waals surface area contributed by atoms with Crippen LogP contribution in [0.15, 0.2) is 41.3 Å². The fourth-order valence-corrected chi connectivity index (χ4v) is 2.31. The van der Waals surface area contributed by atoms with Crippen LogP contribution >= 0.6 is 11.8 Å². The second-order valence-corrected chi connectivity index (χ2v) is 5.69. The molecule has 1 heterocycles. The Kier molecular flexibility index (Phi) is 4.79. The molecule has 0 radical (unpaired) electrons. The molecule has 2 N–H and O–H groups in total. The van der Waals surface area contributed by atoms with Crippen LogP contribution in [0.25, 0.3) is 11.3 Å². The maximum atomic E-state index is 7.45. The molecule has 3 nitrogen and oxygen atoms in total. The number of pyridine rings is 1. The van der Waals surface area contributed by atoms with Crippen molar-refractivity contribution < 1.29 is 0 Å². The molecule has 0 bridgehead atoms. The lowest BCUT2D eigenvalue weighted by Crippen LogP contribution is -2.13. The molecule has 104 valence electrons. The highest BCUT2D eigenvalue weighted by molar-refractivity contribution is 7.98.